The molecule has 0 saturated heterocycles. The molecule has 0 radical (unpaired) electrons. The molecule has 0 spiro atoms. The van der Waals surface area contributed by atoms with Gasteiger partial charge in [0, 0.05) is 52.3 Å². The highest BCUT2D eigenvalue weighted by Gasteiger charge is 2.17. The van der Waals surface area contributed by atoms with Gasteiger partial charge in [0.05, 0.1) is 0 Å². The SMILES string of the molecule is CC(=O)Nc1ccc(-c2cnc(N)c3c(-c4ccc5c(c4)CCN5)csc23)cc1. The fourth-order valence-electron chi connectivity index (χ4n) is 3.89. The molecule has 1 amide bonds. The molecule has 2 aromatic heterocycles. The number of carbonyl (C=O) groups excluding carboxylic acids is 1. The van der Waals surface area contributed by atoms with Gasteiger partial charge in [0.1, 0.15) is 5.82 Å². The van der Waals surface area contributed by atoms with E-state index >= 15 is 0 Å². The third-order valence-electron chi connectivity index (χ3n) is 5.27. The minimum atomic E-state index is -0.0817. The number of rotatable bonds is 3. The maximum Gasteiger partial charge on any atom is 0.221 e. The molecule has 4 N–H and O–H groups in total. The highest BCUT2D eigenvalue weighted by molar-refractivity contribution is 7.18. The van der Waals surface area contributed by atoms with Crippen LogP contribution in [0, 0.1) is 0 Å². The Labute approximate surface area is 172 Å². The Hall–Kier alpha value is -3.38. The second-order valence-electron chi connectivity index (χ2n) is 7.22. The molecule has 0 fully saturated rings. The molecule has 29 heavy (non-hydrogen) atoms. The molecular weight excluding hydrogens is 380 g/mol. The summed E-state index contributed by atoms with van der Waals surface area (Å²) in [5, 5.41) is 9.38. The van der Waals surface area contributed by atoms with Gasteiger partial charge in [-0.1, -0.05) is 18.2 Å². The minimum Gasteiger partial charge on any atom is -0.384 e. The summed E-state index contributed by atoms with van der Waals surface area (Å²) < 4.78 is 1.12. The van der Waals surface area contributed by atoms with Crippen molar-refractivity contribution in [3.8, 4) is 22.3 Å². The van der Waals surface area contributed by atoms with Gasteiger partial charge in [0.25, 0.3) is 0 Å². The Morgan fingerprint density at radius 2 is 1.93 bits per heavy atom. The number of nitrogens with two attached hydrogens (primary N) is 1. The Kier molecular flexibility index (Phi) is 4.21. The van der Waals surface area contributed by atoms with Crippen LogP contribution in [0.3, 0.4) is 0 Å². The topological polar surface area (TPSA) is 80.0 Å². The number of carbonyl (C=O) groups is 1. The molecule has 4 aromatic rings. The number of fused-ring (bicyclic) bond motifs is 2. The quantitative estimate of drug-likeness (QED) is 0.445. The summed E-state index contributed by atoms with van der Waals surface area (Å²) in [4.78, 5) is 15.7. The van der Waals surface area contributed by atoms with E-state index in [9.17, 15) is 4.79 Å². The lowest BCUT2D eigenvalue weighted by Gasteiger charge is -2.09. The summed E-state index contributed by atoms with van der Waals surface area (Å²) in [5.41, 5.74) is 14.0. The van der Waals surface area contributed by atoms with E-state index in [0.29, 0.717) is 5.82 Å². The van der Waals surface area contributed by atoms with Gasteiger partial charge in [-0.3, -0.25) is 4.79 Å². The molecular formula is C23H20N4OS. The fraction of sp³-hybridized carbons (Fsp3) is 0.130. The van der Waals surface area contributed by atoms with Crippen molar-refractivity contribution in [2.24, 2.45) is 0 Å². The van der Waals surface area contributed by atoms with Crippen LogP contribution in [0.25, 0.3) is 32.3 Å². The maximum absolute atomic E-state index is 11.3. The number of nitrogens with zero attached hydrogens (tertiary/aromatic N) is 1. The van der Waals surface area contributed by atoms with Crippen molar-refractivity contribution in [1.82, 2.24) is 4.98 Å². The Bertz CT molecular complexity index is 1240. The zero-order valence-electron chi connectivity index (χ0n) is 16.0. The number of pyridine rings is 1. The summed E-state index contributed by atoms with van der Waals surface area (Å²) in [6.45, 7) is 2.50. The third-order valence-corrected chi connectivity index (χ3v) is 6.28. The van der Waals surface area contributed by atoms with Crippen molar-refractivity contribution >= 4 is 44.5 Å². The standard InChI is InChI=1S/C23H20N4OS/c1-13(28)27-17-5-2-14(3-6-17)18-11-26-23(24)21-19(12-29-22(18)21)15-4-7-20-16(10-15)8-9-25-20/h2-7,10-12,25H,8-9H2,1H3,(H2,24,26)(H,27,28). The van der Waals surface area contributed by atoms with Gasteiger partial charge in [-0.15, -0.1) is 11.3 Å². The number of nitrogen functional groups attached to an aromatic ring is 1. The molecule has 0 aliphatic carbocycles. The second kappa shape index (κ2) is 6.90. The zero-order valence-corrected chi connectivity index (χ0v) is 16.8. The normalized spacial score (nSPS) is 12.6. The first-order chi connectivity index (χ1) is 14.1. The predicted octanol–water partition coefficient (Wildman–Crippen LogP) is 5.14. The van der Waals surface area contributed by atoms with Gasteiger partial charge in [-0.2, -0.15) is 0 Å². The lowest BCUT2D eigenvalue weighted by Crippen LogP contribution is -2.05. The first kappa shape index (κ1) is 17.7. The predicted molar refractivity (Wildman–Crippen MR) is 121 cm³/mol. The largest absolute Gasteiger partial charge is 0.384 e. The van der Waals surface area contributed by atoms with Crippen molar-refractivity contribution in [2.75, 3.05) is 22.9 Å². The molecule has 0 unspecified atom stereocenters. The van der Waals surface area contributed by atoms with Crippen LogP contribution in [-0.2, 0) is 11.2 Å². The number of hydrogen-bond donors (Lipinski definition) is 3. The number of hydrogen-bond acceptors (Lipinski definition) is 5. The van der Waals surface area contributed by atoms with Crippen molar-refractivity contribution in [3.05, 3.63) is 59.6 Å². The Morgan fingerprint density at radius 1 is 1.14 bits per heavy atom. The molecule has 3 heterocycles. The molecule has 5 nitrogen and oxygen atoms in total. The molecule has 1 aliphatic heterocycles. The molecule has 0 saturated carbocycles. The number of thiophene rings is 1. The van der Waals surface area contributed by atoms with E-state index in [1.807, 2.05) is 30.5 Å². The maximum atomic E-state index is 11.3. The number of amides is 1. The van der Waals surface area contributed by atoms with E-state index in [4.69, 9.17) is 5.73 Å². The van der Waals surface area contributed by atoms with Crippen LogP contribution in [0.15, 0.2) is 54.0 Å². The van der Waals surface area contributed by atoms with E-state index in [1.165, 1.54) is 23.7 Å². The molecule has 0 atom stereocenters. The van der Waals surface area contributed by atoms with Crippen LogP contribution in [0.5, 0.6) is 0 Å². The average molecular weight is 401 g/mol. The van der Waals surface area contributed by atoms with Crippen molar-refractivity contribution in [1.29, 1.82) is 0 Å². The summed E-state index contributed by atoms with van der Waals surface area (Å²) in [6.07, 6.45) is 2.88. The Morgan fingerprint density at radius 3 is 2.72 bits per heavy atom. The third kappa shape index (κ3) is 3.11. The highest BCUT2D eigenvalue weighted by atomic mass is 32.1. The molecule has 5 rings (SSSR count). The van der Waals surface area contributed by atoms with Crippen LogP contribution in [-0.4, -0.2) is 17.4 Å². The first-order valence-electron chi connectivity index (χ1n) is 9.51. The van der Waals surface area contributed by atoms with E-state index in [1.54, 1.807) is 11.3 Å². The molecule has 0 bridgehead atoms. The van der Waals surface area contributed by atoms with Crippen molar-refractivity contribution < 1.29 is 4.79 Å². The lowest BCUT2D eigenvalue weighted by molar-refractivity contribution is -0.114. The van der Waals surface area contributed by atoms with Crippen LogP contribution in [0.1, 0.15) is 12.5 Å². The monoisotopic (exact) mass is 400 g/mol. The second-order valence-corrected chi connectivity index (χ2v) is 8.10. The van der Waals surface area contributed by atoms with Gasteiger partial charge in [-0.25, -0.2) is 4.98 Å². The van der Waals surface area contributed by atoms with Gasteiger partial charge >= 0.3 is 0 Å². The molecule has 6 heteroatoms. The summed E-state index contributed by atoms with van der Waals surface area (Å²) in [7, 11) is 0. The summed E-state index contributed by atoms with van der Waals surface area (Å²) in [5.74, 6) is 0.468. The lowest BCUT2D eigenvalue weighted by atomic mass is 9.99. The number of aromatic nitrogens is 1. The Balaban J connectivity index is 1.61. The highest BCUT2D eigenvalue weighted by Crippen LogP contribution is 2.42. The van der Waals surface area contributed by atoms with E-state index in [-0.39, 0.29) is 5.91 Å². The zero-order chi connectivity index (χ0) is 20.0. The molecule has 1 aliphatic rings. The molecule has 144 valence electrons. The van der Waals surface area contributed by atoms with Gasteiger partial charge < -0.3 is 16.4 Å². The van der Waals surface area contributed by atoms with Crippen LogP contribution >= 0.6 is 11.3 Å². The van der Waals surface area contributed by atoms with Gasteiger partial charge in [0.2, 0.25) is 5.91 Å². The summed E-state index contributed by atoms with van der Waals surface area (Å²) >= 11 is 1.69. The van der Waals surface area contributed by atoms with Gasteiger partial charge in [0.15, 0.2) is 0 Å². The minimum absolute atomic E-state index is 0.0817. The first-order valence-corrected chi connectivity index (χ1v) is 10.4. The van der Waals surface area contributed by atoms with E-state index in [0.717, 1.165) is 45.4 Å². The van der Waals surface area contributed by atoms with Gasteiger partial charge in [-0.05, 0) is 52.8 Å². The van der Waals surface area contributed by atoms with E-state index in [2.05, 4.69) is 39.2 Å². The van der Waals surface area contributed by atoms with Crippen molar-refractivity contribution in [3.63, 3.8) is 0 Å². The van der Waals surface area contributed by atoms with Crippen LogP contribution in [0.4, 0.5) is 17.2 Å². The number of anilines is 3. The van der Waals surface area contributed by atoms with Crippen LogP contribution in [0.2, 0.25) is 0 Å². The fourth-order valence-corrected chi connectivity index (χ4v) is 5.01. The average Bonchev–Trinajstić information content (AvgIpc) is 3.35. The smallest absolute Gasteiger partial charge is 0.221 e. The number of nitrogens with one attached hydrogen (secondary N) is 2. The summed E-state index contributed by atoms with van der Waals surface area (Å²) in [6, 6.07) is 14.4. The van der Waals surface area contributed by atoms with E-state index < -0.39 is 0 Å². The number of benzene rings is 2. The van der Waals surface area contributed by atoms with Crippen LogP contribution < -0.4 is 16.4 Å². The van der Waals surface area contributed by atoms with Crippen molar-refractivity contribution in [2.45, 2.75) is 13.3 Å². The molecule has 2 aromatic carbocycles.